The van der Waals surface area contributed by atoms with Gasteiger partial charge in [-0.05, 0) is 42.2 Å². The van der Waals surface area contributed by atoms with Gasteiger partial charge in [-0.1, -0.05) is 20.8 Å². The molecule has 0 spiro atoms. The second-order valence-corrected chi connectivity index (χ2v) is 7.95. The SMILES string of the molecule is CC1(C)C[C@H]2C[C@](C)(CN2C(=O)c2ccc([N+](=O)[O-])cc2)C1. The number of rotatable bonds is 2. The summed E-state index contributed by atoms with van der Waals surface area (Å²) in [4.78, 5) is 25.0. The van der Waals surface area contributed by atoms with E-state index < -0.39 is 4.92 Å². The van der Waals surface area contributed by atoms with Gasteiger partial charge in [0.2, 0.25) is 0 Å². The molecule has 1 heterocycles. The first-order chi connectivity index (χ1) is 10.2. The smallest absolute Gasteiger partial charge is 0.269 e. The molecule has 2 aliphatic rings. The Hall–Kier alpha value is -1.91. The van der Waals surface area contributed by atoms with Crippen molar-refractivity contribution < 1.29 is 9.72 Å². The Morgan fingerprint density at radius 1 is 1.23 bits per heavy atom. The number of hydrogen-bond acceptors (Lipinski definition) is 3. The van der Waals surface area contributed by atoms with Crippen molar-refractivity contribution >= 4 is 11.6 Å². The predicted octanol–water partition coefficient (Wildman–Crippen LogP) is 3.64. The molecule has 0 aromatic heterocycles. The molecule has 1 saturated heterocycles. The van der Waals surface area contributed by atoms with Gasteiger partial charge < -0.3 is 4.90 Å². The lowest BCUT2D eigenvalue weighted by Gasteiger charge is -2.39. The maximum atomic E-state index is 12.8. The van der Waals surface area contributed by atoms with E-state index in [1.807, 2.05) is 4.90 Å². The maximum Gasteiger partial charge on any atom is 0.269 e. The summed E-state index contributed by atoms with van der Waals surface area (Å²) in [6, 6.07) is 6.23. The van der Waals surface area contributed by atoms with Crippen molar-refractivity contribution in [3.63, 3.8) is 0 Å². The normalized spacial score (nSPS) is 29.4. The summed E-state index contributed by atoms with van der Waals surface area (Å²) in [5, 5.41) is 10.7. The number of non-ortho nitro benzene ring substituents is 1. The highest BCUT2D eigenvalue weighted by atomic mass is 16.6. The van der Waals surface area contributed by atoms with Crippen LogP contribution < -0.4 is 0 Å². The number of nitro benzene ring substituents is 1. The Kier molecular flexibility index (Phi) is 3.27. The Morgan fingerprint density at radius 2 is 1.86 bits per heavy atom. The first-order valence-electron chi connectivity index (χ1n) is 7.75. The van der Waals surface area contributed by atoms with Crippen molar-refractivity contribution in [2.24, 2.45) is 10.8 Å². The Morgan fingerprint density at radius 3 is 2.45 bits per heavy atom. The van der Waals surface area contributed by atoms with Crippen molar-refractivity contribution in [1.82, 2.24) is 4.90 Å². The highest BCUT2D eigenvalue weighted by molar-refractivity contribution is 5.95. The van der Waals surface area contributed by atoms with Crippen LogP contribution in [-0.4, -0.2) is 28.3 Å². The van der Waals surface area contributed by atoms with Gasteiger partial charge >= 0.3 is 0 Å². The van der Waals surface area contributed by atoms with E-state index >= 15 is 0 Å². The number of hydrogen-bond donors (Lipinski definition) is 0. The fourth-order valence-electron chi connectivity index (χ4n) is 4.59. The first kappa shape index (κ1) is 15.0. The number of benzene rings is 1. The molecule has 0 radical (unpaired) electrons. The molecule has 118 valence electrons. The summed E-state index contributed by atoms with van der Waals surface area (Å²) >= 11 is 0. The topological polar surface area (TPSA) is 63.5 Å². The van der Waals surface area contributed by atoms with E-state index in [9.17, 15) is 14.9 Å². The van der Waals surface area contributed by atoms with E-state index in [1.54, 1.807) is 12.1 Å². The molecular weight excluding hydrogens is 280 g/mol. The molecule has 3 rings (SSSR count). The number of amides is 1. The zero-order chi connectivity index (χ0) is 16.1. The molecule has 1 amide bonds. The quantitative estimate of drug-likeness (QED) is 0.619. The minimum Gasteiger partial charge on any atom is -0.335 e. The highest BCUT2D eigenvalue weighted by Gasteiger charge is 2.50. The molecule has 5 nitrogen and oxygen atoms in total. The molecule has 2 atom stereocenters. The van der Waals surface area contributed by atoms with Gasteiger partial charge in [0.1, 0.15) is 0 Å². The molecule has 5 heteroatoms. The van der Waals surface area contributed by atoms with E-state index in [0.29, 0.717) is 5.56 Å². The van der Waals surface area contributed by atoms with Crippen LogP contribution in [-0.2, 0) is 0 Å². The van der Waals surface area contributed by atoms with E-state index in [4.69, 9.17) is 0 Å². The molecule has 1 aliphatic carbocycles. The monoisotopic (exact) mass is 302 g/mol. The van der Waals surface area contributed by atoms with Crippen LogP contribution in [0.1, 0.15) is 50.4 Å². The minimum absolute atomic E-state index is 0.00122. The second kappa shape index (κ2) is 4.80. The summed E-state index contributed by atoms with van der Waals surface area (Å²) in [5.74, 6) is 0.00122. The molecular formula is C17H22N2O3. The molecule has 2 bridgehead atoms. The number of likely N-dealkylation sites (tertiary alicyclic amines) is 1. The fraction of sp³-hybridized carbons (Fsp3) is 0.588. The molecule has 1 saturated carbocycles. The maximum absolute atomic E-state index is 12.8. The van der Waals surface area contributed by atoms with E-state index in [0.717, 1.165) is 25.8 Å². The summed E-state index contributed by atoms with van der Waals surface area (Å²) in [5.41, 5.74) is 1.02. The van der Waals surface area contributed by atoms with Crippen molar-refractivity contribution in [3.8, 4) is 0 Å². The number of fused-ring (bicyclic) bond motifs is 2. The van der Waals surface area contributed by atoms with E-state index in [1.165, 1.54) is 12.1 Å². The number of nitrogens with zero attached hydrogens (tertiary/aromatic N) is 2. The Balaban J connectivity index is 1.83. The van der Waals surface area contributed by atoms with E-state index in [-0.39, 0.29) is 28.5 Å². The zero-order valence-electron chi connectivity index (χ0n) is 13.3. The molecule has 1 aromatic rings. The van der Waals surface area contributed by atoms with Crippen LogP contribution in [0.5, 0.6) is 0 Å². The zero-order valence-corrected chi connectivity index (χ0v) is 13.3. The second-order valence-electron chi connectivity index (χ2n) is 7.95. The van der Waals surface area contributed by atoms with E-state index in [2.05, 4.69) is 20.8 Å². The van der Waals surface area contributed by atoms with Gasteiger partial charge in [0.15, 0.2) is 0 Å². The lowest BCUT2D eigenvalue weighted by atomic mass is 9.65. The lowest BCUT2D eigenvalue weighted by molar-refractivity contribution is -0.384. The molecule has 22 heavy (non-hydrogen) atoms. The van der Waals surface area contributed by atoms with Crippen LogP contribution in [0.2, 0.25) is 0 Å². The van der Waals surface area contributed by atoms with Gasteiger partial charge in [0.25, 0.3) is 11.6 Å². The Bertz CT molecular complexity index is 623. The molecule has 2 fully saturated rings. The van der Waals surface area contributed by atoms with Gasteiger partial charge in [0.05, 0.1) is 4.92 Å². The van der Waals surface area contributed by atoms with Crippen LogP contribution >= 0.6 is 0 Å². The third kappa shape index (κ3) is 2.60. The summed E-state index contributed by atoms with van der Waals surface area (Å²) in [7, 11) is 0. The standard InChI is InChI=1S/C17H22N2O3/c1-16(2)8-14-9-17(3,10-16)11-18(14)15(20)12-4-6-13(7-5-12)19(21)22/h4-7,14H,8-11H2,1-3H3/t14-,17-/m0/s1. The largest absolute Gasteiger partial charge is 0.335 e. The fourth-order valence-corrected chi connectivity index (χ4v) is 4.59. The van der Waals surface area contributed by atoms with Crippen molar-refractivity contribution in [2.75, 3.05) is 6.54 Å². The number of carbonyl (C=O) groups excluding carboxylic acids is 1. The van der Waals surface area contributed by atoms with Crippen LogP contribution in [0, 0.1) is 20.9 Å². The number of carbonyl (C=O) groups is 1. The Labute approximate surface area is 130 Å². The molecule has 0 unspecified atom stereocenters. The van der Waals surface area contributed by atoms with Gasteiger partial charge in [-0.25, -0.2) is 0 Å². The van der Waals surface area contributed by atoms with Crippen LogP contribution in [0.4, 0.5) is 5.69 Å². The summed E-state index contributed by atoms with van der Waals surface area (Å²) in [6.45, 7) is 7.61. The summed E-state index contributed by atoms with van der Waals surface area (Å²) < 4.78 is 0. The van der Waals surface area contributed by atoms with Gasteiger partial charge in [0, 0.05) is 30.3 Å². The average Bonchev–Trinajstić information content (AvgIpc) is 2.67. The van der Waals surface area contributed by atoms with Gasteiger partial charge in [-0.2, -0.15) is 0 Å². The molecule has 1 aromatic carbocycles. The number of nitro groups is 1. The predicted molar refractivity (Wildman–Crippen MR) is 83.7 cm³/mol. The van der Waals surface area contributed by atoms with Crippen LogP contribution in [0.15, 0.2) is 24.3 Å². The third-order valence-electron chi connectivity index (χ3n) is 5.00. The van der Waals surface area contributed by atoms with Crippen molar-refractivity contribution in [2.45, 2.75) is 46.1 Å². The third-order valence-corrected chi connectivity index (χ3v) is 5.00. The van der Waals surface area contributed by atoms with Gasteiger partial charge in [-0.3, -0.25) is 14.9 Å². The molecule has 1 aliphatic heterocycles. The van der Waals surface area contributed by atoms with Crippen molar-refractivity contribution in [3.05, 3.63) is 39.9 Å². The van der Waals surface area contributed by atoms with Crippen molar-refractivity contribution in [1.29, 1.82) is 0 Å². The lowest BCUT2D eigenvalue weighted by Crippen LogP contribution is -2.37. The first-order valence-corrected chi connectivity index (χ1v) is 7.75. The van der Waals surface area contributed by atoms with Crippen LogP contribution in [0.3, 0.4) is 0 Å². The highest BCUT2D eigenvalue weighted by Crippen LogP contribution is 2.52. The van der Waals surface area contributed by atoms with Crippen LogP contribution in [0.25, 0.3) is 0 Å². The average molecular weight is 302 g/mol. The molecule has 0 N–H and O–H groups in total. The van der Waals surface area contributed by atoms with Gasteiger partial charge in [-0.15, -0.1) is 0 Å². The minimum atomic E-state index is -0.444. The summed E-state index contributed by atoms with van der Waals surface area (Å²) in [6.07, 6.45) is 3.23.